The Bertz CT molecular complexity index is 339. The Hall–Kier alpha value is -1.51. The van der Waals surface area contributed by atoms with Gasteiger partial charge in [-0.25, -0.2) is 4.79 Å². The number of carbonyl (C=O) groups excluding carboxylic acids is 1. The number of ether oxygens (including phenoxy) is 1. The van der Waals surface area contributed by atoms with E-state index in [0.29, 0.717) is 5.56 Å². The molecule has 0 radical (unpaired) electrons. The Balaban J connectivity index is 2.12. The van der Waals surface area contributed by atoms with Crippen LogP contribution in [0.25, 0.3) is 0 Å². The van der Waals surface area contributed by atoms with Crippen LogP contribution in [0.5, 0.6) is 0 Å². The summed E-state index contributed by atoms with van der Waals surface area (Å²) in [5.74, 6) is -0.275. The van der Waals surface area contributed by atoms with Crippen LogP contribution >= 0.6 is 0 Å². The van der Waals surface area contributed by atoms with Crippen LogP contribution in [0.3, 0.4) is 0 Å². The van der Waals surface area contributed by atoms with Crippen molar-refractivity contribution in [2.75, 3.05) is 25.1 Å². The molecule has 1 aliphatic rings. The summed E-state index contributed by atoms with van der Waals surface area (Å²) in [5, 5.41) is 0. The molecule has 0 N–H and O–H groups in total. The minimum absolute atomic E-state index is 0.275. The first-order valence-corrected chi connectivity index (χ1v) is 5.24. The van der Waals surface area contributed by atoms with E-state index in [4.69, 9.17) is 0 Å². The van der Waals surface area contributed by atoms with Gasteiger partial charge in [-0.1, -0.05) is 0 Å². The highest BCUT2D eigenvalue weighted by molar-refractivity contribution is 5.89. The molecule has 1 aromatic carbocycles. The zero-order valence-corrected chi connectivity index (χ0v) is 8.90. The van der Waals surface area contributed by atoms with Gasteiger partial charge >= 0.3 is 5.97 Å². The maximum atomic E-state index is 11.2. The lowest BCUT2D eigenvalue weighted by atomic mass is 10.2. The lowest BCUT2D eigenvalue weighted by Gasteiger charge is -2.17. The second-order valence-corrected chi connectivity index (χ2v) is 3.73. The molecule has 0 aliphatic carbocycles. The Labute approximate surface area is 89.7 Å². The van der Waals surface area contributed by atoms with Crippen LogP contribution < -0.4 is 4.90 Å². The van der Waals surface area contributed by atoms with Crippen LogP contribution in [0.1, 0.15) is 23.2 Å². The van der Waals surface area contributed by atoms with E-state index in [1.807, 2.05) is 24.3 Å². The van der Waals surface area contributed by atoms with E-state index in [1.54, 1.807) is 0 Å². The molecule has 3 heteroatoms. The third kappa shape index (κ3) is 2.12. The first kappa shape index (κ1) is 10.0. The predicted octanol–water partition coefficient (Wildman–Crippen LogP) is 2.07. The maximum Gasteiger partial charge on any atom is 0.337 e. The summed E-state index contributed by atoms with van der Waals surface area (Å²) in [6, 6.07) is 7.61. The Morgan fingerprint density at radius 2 is 1.80 bits per heavy atom. The van der Waals surface area contributed by atoms with Crippen LogP contribution in [0.4, 0.5) is 5.69 Å². The van der Waals surface area contributed by atoms with E-state index in [0.717, 1.165) is 13.1 Å². The molecule has 2 rings (SSSR count). The van der Waals surface area contributed by atoms with Gasteiger partial charge in [0.25, 0.3) is 0 Å². The summed E-state index contributed by atoms with van der Waals surface area (Å²) in [4.78, 5) is 13.5. The predicted molar refractivity (Wildman–Crippen MR) is 59.2 cm³/mol. The average molecular weight is 205 g/mol. The molecule has 1 aliphatic heterocycles. The van der Waals surface area contributed by atoms with Gasteiger partial charge in [0, 0.05) is 18.8 Å². The standard InChI is InChI=1S/C12H15NO2/c1-15-12(14)10-4-6-11(7-5-10)13-8-2-3-9-13/h4-7H,2-3,8-9H2,1H3. The number of anilines is 1. The second kappa shape index (κ2) is 4.34. The van der Waals surface area contributed by atoms with Crippen LogP contribution in [-0.2, 0) is 4.74 Å². The molecule has 1 fully saturated rings. The molecular weight excluding hydrogens is 190 g/mol. The van der Waals surface area contributed by atoms with Gasteiger partial charge in [-0.2, -0.15) is 0 Å². The van der Waals surface area contributed by atoms with Gasteiger partial charge < -0.3 is 9.64 Å². The highest BCUT2D eigenvalue weighted by Gasteiger charge is 2.12. The molecule has 0 amide bonds. The summed E-state index contributed by atoms with van der Waals surface area (Å²) >= 11 is 0. The lowest BCUT2D eigenvalue weighted by molar-refractivity contribution is 0.0601. The maximum absolute atomic E-state index is 11.2. The molecular formula is C12H15NO2. The zero-order chi connectivity index (χ0) is 10.7. The first-order chi connectivity index (χ1) is 7.31. The summed E-state index contributed by atoms with van der Waals surface area (Å²) < 4.78 is 4.65. The van der Waals surface area contributed by atoms with Crippen molar-refractivity contribution >= 4 is 11.7 Å². The van der Waals surface area contributed by atoms with E-state index in [1.165, 1.54) is 25.6 Å². The number of esters is 1. The summed E-state index contributed by atoms with van der Waals surface area (Å²) in [6.45, 7) is 2.25. The third-order valence-corrected chi connectivity index (χ3v) is 2.76. The van der Waals surface area contributed by atoms with Gasteiger partial charge in [-0.05, 0) is 37.1 Å². The van der Waals surface area contributed by atoms with Crippen molar-refractivity contribution in [2.45, 2.75) is 12.8 Å². The van der Waals surface area contributed by atoms with Crippen molar-refractivity contribution < 1.29 is 9.53 Å². The Kier molecular flexibility index (Phi) is 2.90. The Morgan fingerprint density at radius 1 is 1.20 bits per heavy atom. The largest absolute Gasteiger partial charge is 0.465 e. The fourth-order valence-electron chi connectivity index (χ4n) is 1.90. The molecule has 0 spiro atoms. The van der Waals surface area contributed by atoms with Crippen molar-refractivity contribution in [3.05, 3.63) is 29.8 Å². The van der Waals surface area contributed by atoms with E-state index >= 15 is 0 Å². The van der Waals surface area contributed by atoms with Crippen molar-refractivity contribution in [3.63, 3.8) is 0 Å². The highest BCUT2D eigenvalue weighted by Crippen LogP contribution is 2.20. The highest BCUT2D eigenvalue weighted by atomic mass is 16.5. The molecule has 0 atom stereocenters. The van der Waals surface area contributed by atoms with Gasteiger partial charge in [0.15, 0.2) is 0 Å². The topological polar surface area (TPSA) is 29.5 Å². The fraction of sp³-hybridized carbons (Fsp3) is 0.417. The van der Waals surface area contributed by atoms with Gasteiger partial charge in [-0.3, -0.25) is 0 Å². The third-order valence-electron chi connectivity index (χ3n) is 2.76. The molecule has 1 heterocycles. The van der Waals surface area contributed by atoms with E-state index < -0.39 is 0 Å². The average Bonchev–Trinajstić information content (AvgIpc) is 2.82. The van der Waals surface area contributed by atoms with Crippen LogP contribution in [0.2, 0.25) is 0 Å². The molecule has 1 aromatic rings. The fourth-order valence-corrected chi connectivity index (χ4v) is 1.90. The number of rotatable bonds is 2. The normalized spacial score (nSPS) is 15.4. The summed E-state index contributed by atoms with van der Waals surface area (Å²) in [5.41, 5.74) is 1.81. The molecule has 0 saturated carbocycles. The van der Waals surface area contributed by atoms with Gasteiger partial charge in [0.1, 0.15) is 0 Å². The van der Waals surface area contributed by atoms with Crippen LogP contribution in [0, 0.1) is 0 Å². The zero-order valence-electron chi connectivity index (χ0n) is 8.90. The minimum atomic E-state index is -0.275. The van der Waals surface area contributed by atoms with Crippen molar-refractivity contribution in [1.82, 2.24) is 0 Å². The minimum Gasteiger partial charge on any atom is -0.465 e. The monoisotopic (exact) mass is 205 g/mol. The number of benzene rings is 1. The van der Waals surface area contributed by atoms with Crippen molar-refractivity contribution in [2.24, 2.45) is 0 Å². The summed E-state index contributed by atoms with van der Waals surface area (Å²) in [6.07, 6.45) is 2.53. The number of carbonyl (C=O) groups is 1. The summed E-state index contributed by atoms with van der Waals surface area (Å²) in [7, 11) is 1.40. The van der Waals surface area contributed by atoms with E-state index in [2.05, 4.69) is 9.64 Å². The quantitative estimate of drug-likeness (QED) is 0.692. The molecule has 1 saturated heterocycles. The van der Waals surface area contributed by atoms with Crippen LogP contribution in [-0.4, -0.2) is 26.2 Å². The van der Waals surface area contributed by atoms with Crippen molar-refractivity contribution in [3.8, 4) is 0 Å². The Morgan fingerprint density at radius 3 is 2.33 bits per heavy atom. The first-order valence-electron chi connectivity index (χ1n) is 5.24. The lowest BCUT2D eigenvalue weighted by Crippen LogP contribution is -2.17. The number of hydrogen-bond donors (Lipinski definition) is 0. The van der Waals surface area contributed by atoms with Gasteiger partial charge in [0.2, 0.25) is 0 Å². The van der Waals surface area contributed by atoms with Gasteiger partial charge in [0.05, 0.1) is 12.7 Å². The van der Waals surface area contributed by atoms with E-state index in [-0.39, 0.29) is 5.97 Å². The SMILES string of the molecule is COC(=O)c1ccc(N2CCCC2)cc1. The van der Waals surface area contributed by atoms with Crippen LogP contribution in [0.15, 0.2) is 24.3 Å². The van der Waals surface area contributed by atoms with Gasteiger partial charge in [-0.15, -0.1) is 0 Å². The van der Waals surface area contributed by atoms with Crippen molar-refractivity contribution in [1.29, 1.82) is 0 Å². The molecule has 3 nitrogen and oxygen atoms in total. The number of nitrogens with zero attached hydrogens (tertiary/aromatic N) is 1. The smallest absolute Gasteiger partial charge is 0.337 e. The number of methoxy groups -OCH3 is 1. The number of hydrogen-bond acceptors (Lipinski definition) is 3. The van der Waals surface area contributed by atoms with E-state index in [9.17, 15) is 4.79 Å². The molecule has 0 bridgehead atoms. The second-order valence-electron chi connectivity index (χ2n) is 3.73. The molecule has 0 aromatic heterocycles. The molecule has 0 unspecified atom stereocenters. The molecule has 15 heavy (non-hydrogen) atoms. The molecule has 80 valence electrons.